The second-order valence-corrected chi connectivity index (χ2v) is 6.61. The number of rotatable bonds is 7. The lowest BCUT2D eigenvalue weighted by atomic mass is 10.2. The van der Waals surface area contributed by atoms with Crippen LogP contribution in [0.25, 0.3) is 0 Å². The maximum absolute atomic E-state index is 12.1. The van der Waals surface area contributed by atoms with Gasteiger partial charge in [0.25, 0.3) is 10.1 Å². The van der Waals surface area contributed by atoms with Crippen molar-refractivity contribution in [3.8, 4) is 11.5 Å². The third-order valence-corrected chi connectivity index (χ3v) is 4.51. The lowest BCUT2D eigenvalue weighted by Gasteiger charge is -2.12. The SMILES string of the molecule is CCCC(C)OS(=O)(=O)c1ccc(Oc2ccccc2)cc1. The van der Waals surface area contributed by atoms with Crippen molar-refractivity contribution in [2.75, 3.05) is 0 Å². The van der Waals surface area contributed by atoms with E-state index >= 15 is 0 Å². The molecule has 0 aromatic heterocycles. The molecule has 0 aliphatic carbocycles. The molecule has 0 aliphatic rings. The van der Waals surface area contributed by atoms with Crippen molar-refractivity contribution in [2.45, 2.75) is 37.7 Å². The Hall–Kier alpha value is -1.85. The van der Waals surface area contributed by atoms with Gasteiger partial charge in [0.2, 0.25) is 0 Å². The Morgan fingerprint density at radius 1 is 0.955 bits per heavy atom. The summed E-state index contributed by atoms with van der Waals surface area (Å²) in [6.07, 6.45) is 1.25. The maximum atomic E-state index is 12.1. The Morgan fingerprint density at radius 2 is 1.55 bits per heavy atom. The first-order valence-corrected chi connectivity index (χ1v) is 8.68. The highest BCUT2D eigenvalue weighted by atomic mass is 32.2. The third-order valence-electron chi connectivity index (χ3n) is 3.08. The van der Waals surface area contributed by atoms with Crippen LogP contribution in [0.3, 0.4) is 0 Å². The lowest BCUT2D eigenvalue weighted by molar-refractivity contribution is 0.217. The van der Waals surface area contributed by atoms with E-state index in [4.69, 9.17) is 8.92 Å². The zero-order valence-electron chi connectivity index (χ0n) is 12.7. The van der Waals surface area contributed by atoms with Gasteiger partial charge < -0.3 is 4.74 Å². The first kappa shape index (κ1) is 16.5. The van der Waals surface area contributed by atoms with E-state index in [9.17, 15) is 8.42 Å². The lowest BCUT2D eigenvalue weighted by Crippen LogP contribution is -2.15. The Balaban J connectivity index is 2.08. The Morgan fingerprint density at radius 3 is 2.14 bits per heavy atom. The van der Waals surface area contributed by atoms with Crippen molar-refractivity contribution >= 4 is 10.1 Å². The van der Waals surface area contributed by atoms with Gasteiger partial charge in [-0.05, 0) is 49.7 Å². The van der Waals surface area contributed by atoms with Crippen LogP contribution in [0.4, 0.5) is 0 Å². The summed E-state index contributed by atoms with van der Waals surface area (Å²) < 4.78 is 35.0. The second kappa shape index (κ2) is 7.42. The highest BCUT2D eigenvalue weighted by Gasteiger charge is 2.18. The quantitative estimate of drug-likeness (QED) is 0.711. The molecule has 2 rings (SSSR count). The standard InChI is InChI=1S/C17H20O4S/c1-3-7-14(2)21-22(18,19)17-12-10-16(11-13-17)20-15-8-5-4-6-9-15/h4-6,8-14H,3,7H2,1-2H3. The summed E-state index contributed by atoms with van der Waals surface area (Å²) in [5.41, 5.74) is 0. The minimum Gasteiger partial charge on any atom is -0.457 e. The molecule has 0 fully saturated rings. The zero-order chi connectivity index (χ0) is 16.0. The van der Waals surface area contributed by atoms with Crippen molar-refractivity contribution in [3.05, 3.63) is 54.6 Å². The highest BCUT2D eigenvalue weighted by molar-refractivity contribution is 7.86. The zero-order valence-corrected chi connectivity index (χ0v) is 13.5. The number of para-hydroxylation sites is 1. The summed E-state index contributed by atoms with van der Waals surface area (Å²) >= 11 is 0. The maximum Gasteiger partial charge on any atom is 0.297 e. The van der Waals surface area contributed by atoms with Crippen LogP contribution in [-0.2, 0) is 14.3 Å². The first-order valence-electron chi connectivity index (χ1n) is 7.27. The first-order chi connectivity index (χ1) is 10.5. The fourth-order valence-corrected chi connectivity index (χ4v) is 3.13. The van der Waals surface area contributed by atoms with Crippen molar-refractivity contribution < 1.29 is 17.3 Å². The van der Waals surface area contributed by atoms with Crippen LogP contribution in [0, 0.1) is 0 Å². The molecule has 0 spiro atoms. The van der Waals surface area contributed by atoms with Gasteiger partial charge in [0, 0.05) is 0 Å². The fourth-order valence-electron chi connectivity index (χ4n) is 2.03. The van der Waals surface area contributed by atoms with Crippen LogP contribution in [0.5, 0.6) is 11.5 Å². The summed E-state index contributed by atoms with van der Waals surface area (Å²) in [5.74, 6) is 1.28. The molecule has 0 amide bonds. The molecule has 0 heterocycles. The molecule has 0 saturated carbocycles. The second-order valence-electron chi connectivity index (χ2n) is 5.04. The topological polar surface area (TPSA) is 52.6 Å². The van der Waals surface area contributed by atoms with Crippen LogP contribution in [-0.4, -0.2) is 14.5 Å². The summed E-state index contributed by atoms with van der Waals surface area (Å²) in [7, 11) is -3.73. The predicted octanol–water partition coefficient (Wildman–Crippen LogP) is 4.37. The Labute approximate surface area is 131 Å². The van der Waals surface area contributed by atoms with Crippen LogP contribution in [0.15, 0.2) is 59.5 Å². The van der Waals surface area contributed by atoms with Crippen LogP contribution < -0.4 is 4.74 Å². The van der Waals surface area contributed by atoms with Crippen LogP contribution >= 0.6 is 0 Å². The molecule has 2 aromatic carbocycles. The van der Waals surface area contributed by atoms with Gasteiger partial charge in [0.15, 0.2) is 0 Å². The minimum absolute atomic E-state index is 0.135. The van der Waals surface area contributed by atoms with E-state index in [-0.39, 0.29) is 11.0 Å². The van der Waals surface area contributed by atoms with Crippen LogP contribution in [0.2, 0.25) is 0 Å². The summed E-state index contributed by atoms with van der Waals surface area (Å²) in [6, 6.07) is 15.5. The molecule has 0 radical (unpaired) electrons. The molecule has 0 saturated heterocycles. The number of ether oxygens (including phenoxy) is 1. The number of benzene rings is 2. The monoisotopic (exact) mass is 320 g/mol. The number of hydrogen-bond donors (Lipinski definition) is 0. The molecule has 4 nitrogen and oxygen atoms in total. The molecule has 1 unspecified atom stereocenters. The van der Waals surface area contributed by atoms with E-state index in [1.54, 1.807) is 19.1 Å². The molecule has 0 N–H and O–H groups in total. The number of hydrogen-bond acceptors (Lipinski definition) is 4. The van der Waals surface area contributed by atoms with E-state index in [0.717, 1.165) is 6.42 Å². The molecule has 0 aliphatic heterocycles. The Kier molecular flexibility index (Phi) is 5.57. The van der Waals surface area contributed by atoms with Gasteiger partial charge in [0.1, 0.15) is 11.5 Å². The van der Waals surface area contributed by atoms with Gasteiger partial charge in [-0.2, -0.15) is 8.42 Å². The van der Waals surface area contributed by atoms with E-state index in [0.29, 0.717) is 17.9 Å². The molecular weight excluding hydrogens is 300 g/mol. The predicted molar refractivity (Wildman–Crippen MR) is 85.6 cm³/mol. The van der Waals surface area contributed by atoms with Gasteiger partial charge in [0.05, 0.1) is 11.0 Å². The Bertz CT molecular complexity index is 678. The van der Waals surface area contributed by atoms with Crippen molar-refractivity contribution in [1.82, 2.24) is 0 Å². The summed E-state index contributed by atoms with van der Waals surface area (Å²) in [6.45, 7) is 3.75. The largest absolute Gasteiger partial charge is 0.457 e. The van der Waals surface area contributed by atoms with Gasteiger partial charge in [-0.3, -0.25) is 4.18 Å². The fraction of sp³-hybridized carbons (Fsp3) is 0.294. The van der Waals surface area contributed by atoms with Gasteiger partial charge >= 0.3 is 0 Å². The third kappa shape index (κ3) is 4.58. The average Bonchev–Trinajstić information content (AvgIpc) is 2.48. The molecule has 118 valence electrons. The highest BCUT2D eigenvalue weighted by Crippen LogP contribution is 2.24. The normalized spacial score (nSPS) is 12.8. The van der Waals surface area contributed by atoms with Crippen molar-refractivity contribution in [1.29, 1.82) is 0 Å². The van der Waals surface area contributed by atoms with E-state index in [1.807, 2.05) is 37.3 Å². The molecule has 2 aromatic rings. The molecular formula is C17H20O4S. The minimum atomic E-state index is -3.73. The molecule has 5 heteroatoms. The van der Waals surface area contributed by atoms with Gasteiger partial charge in [-0.1, -0.05) is 31.5 Å². The summed E-state index contributed by atoms with van der Waals surface area (Å²) in [5, 5.41) is 0. The van der Waals surface area contributed by atoms with Gasteiger partial charge in [-0.25, -0.2) is 0 Å². The van der Waals surface area contributed by atoms with Crippen molar-refractivity contribution in [3.63, 3.8) is 0 Å². The summed E-state index contributed by atoms with van der Waals surface area (Å²) in [4.78, 5) is 0.135. The molecule has 22 heavy (non-hydrogen) atoms. The van der Waals surface area contributed by atoms with E-state index in [1.165, 1.54) is 12.1 Å². The smallest absolute Gasteiger partial charge is 0.297 e. The van der Waals surface area contributed by atoms with Crippen molar-refractivity contribution in [2.24, 2.45) is 0 Å². The average molecular weight is 320 g/mol. The van der Waals surface area contributed by atoms with Gasteiger partial charge in [-0.15, -0.1) is 0 Å². The van der Waals surface area contributed by atoms with Crippen LogP contribution in [0.1, 0.15) is 26.7 Å². The van der Waals surface area contributed by atoms with E-state index in [2.05, 4.69) is 0 Å². The molecule has 0 bridgehead atoms. The van der Waals surface area contributed by atoms with E-state index < -0.39 is 10.1 Å². The molecule has 1 atom stereocenters.